The number of esters is 1. The van der Waals surface area contributed by atoms with Gasteiger partial charge in [0.1, 0.15) is 30.7 Å². The molecule has 0 aromatic heterocycles. The fraction of sp³-hybridized carbons (Fsp3) is 0.393. The average molecular weight is 541 g/mol. The molecule has 0 bridgehead atoms. The summed E-state index contributed by atoms with van der Waals surface area (Å²) in [5.74, 6) is 1.92. The van der Waals surface area contributed by atoms with Crippen LogP contribution in [0.15, 0.2) is 30.3 Å². The summed E-state index contributed by atoms with van der Waals surface area (Å²) >= 11 is 0. The predicted molar refractivity (Wildman–Crippen MR) is 136 cm³/mol. The van der Waals surface area contributed by atoms with E-state index in [0.717, 1.165) is 5.56 Å². The third-order valence-electron chi connectivity index (χ3n) is 7.29. The number of fused-ring (bicyclic) bond motifs is 3. The molecule has 0 saturated carbocycles. The summed E-state index contributed by atoms with van der Waals surface area (Å²) in [4.78, 5) is 13.2. The van der Waals surface area contributed by atoms with E-state index in [9.17, 15) is 9.90 Å². The van der Waals surface area contributed by atoms with Crippen LogP contribution < -0.4 is 23.7 Å². The van der Waals surface area contributed by atoms with E-state index in [2.05, 4.69) is 0 Å². The number of ether oxygens (including phenoxy) is 9. The molecular formula is C28H28O11. The number of aliphatic hydroxyl groups is 1. The Morgan fingerprint density at radius 1 is 0.872 bits per heavy atom. The largest absolute Gasteiger partial charge is 0.493 e. The first-order chi connectivity index (χ1) is 19.0. The maximum absolute atomic E-state index is 13.2. The molecule has 1 N–H and O–H groups in total. The molecule has 206 valence electrons. The first-order valence-electron chi connectivity index (χ1n) is 12.3. The van der Waals surface area contributed by atoms with Crippen LogP contribution in [0.2, 0.25) is 0 Å². The number of carbonyl (C=O) groups excluding carboxylic acids is 1. The molecule has 3 aliphatic rings. The van der Waals surface area contributed by atoms with Gasteiger partial charge in [-0.1, -0.05) is 6.07 Å². The highest BCUT2D eigenvalue weighted by Gasteiger charge is 2.43. The van der Waals surface area contributed by atoms with Crippen LogP contribution >= 0.6 is 0 Å². The smallest absolute Gasteiger partial charge is 0.339 e. The Morgan fingerprint density at radius 3 is 2.33 bits per heavy atom. The highest BCUT2D eigenvalue weighted by molar-refractivity contribution is 6.14. The highest BCUT2D eigenvalue weighted by Crippen LogP contribution is 2.49. The van der Waals surface area contributed by atoms with Gasteiger partial charge in [-0.15, -0.1) is 0 Å². The second kappa shape index (κ2) is 10.1. The van der Waals surface area contributed by atoms with Gasteiger partial charge in [-0.05, 0) is 35.2 Å². The van der Waals surface area contributed by atoms with Gasteiger partial charge in [0.05, 0.1) is 26.4 Å². The molecule has 3 heterocycles. The quantitative estimate of drug-likeness (QED) is 0.445. The summed E-state index contributed by atoms with van der Waals surface area (Å²) in [6.45, 7) is 0.231. The molecule has 0 amide bonds. The molecule has 4 atom stereocenters. The standard InChI is InChI=1S/C28H28O11/c1-31-18-8-14-15(9-19(18)32-2)25(39-28-24(29)26(34-4)21(33-3)11-36-28)16-10-35-27(30)23(16)22(14)13-5-6-17-20(7-13)38-12-37-17/h5-9,21,24,26,28-29H,10-12H2,1-4H3/t21-,24+,26-,28+/m1/s1. The minimum absolute atomic E-state index is 0.0252. The third kappa shape index (κ3) is 4.09. The number of cyclic esters (lactones) is 1. The number of aliphatic hydroxyl groups excluding tert-OH is 1. The molecule has 11 nitrogen and oxygen atoms in total. The Bertz CT molecular complexity index is 1440. The molecule has 1 fully saturated rings. The Kier molecular flexibility index (Phi) is 6.59. The van der Waals surface area contributed by atoms with E-state index in [1.54, 1.807) is 18.2 Å². The molecule has 0 aliphatic carbocycles. The number of benzene rings is 3. The summed E-state index contributed by atoms with van der Waals surface area (Å²) < 4.78 is 50.8. The normalized spacial score (nSPS) is 23.5. The predicted octanol–water partition coefficient (Wildman–Crippen LogP) is 3.05. The molecule has 39 heavy (non-hydrogen) atoms. The number of hydrogen-bond acceptors (Lipinski definition) is 11. The number of carbonyl (C=O) groups is 1. The molecule has 6 rings (SSSR count). The first kappa shape index (κ1) is 25.5. The fourth-order valence-electron chi connectivity index (χ4n) is 5.37. The second-order valence-corrected chi connectivity index (χ2v) is 9.24. The Morgan fingerprint density at radius 2 is 1.62 bits per heavy atom. The molecule has 0 radical (unpaired) electrons. The van der Waals surface area contributed by atoms with Gasteiger partial charge in [-0.2, -0.15) is 0 Å². The SMILES string of the molecule is COc1cc2c(O[C@@H]3OC[C@@H](OC)[C@@H](OC)[C@@H]3O)c3c(c(-c4ccc5c(c4)OCO5)c2cc1OC)C(=O)OC3. The van der Waals surface area contributed by atoms with E-state index in [0.29, 0.717) is 56.2 Å². The molecule has 1 saturated heterocycles. The molecule has 0 spiro atoms. The Labute approximate surface area is 224 Å². The van der Waals surface area contributed by atoms with Crippen molar-refractivity contribution in [1.82, 2.24) is 0 Å². The Hall–Kier alpha value is -3.77. The van der Waals surface area contributed by atoms with Crippen molar-refractivity contribution in [3.05, 3.63) is 41.5 Å². The van der Waals surface area contributed by atoms with Gasteiger partial charge in [-0.25, -0.2) is 4.79 Å². The van der Waals surface area contributed by atoms with Crippen molar-refractivity contribution in [2.24, 2.45) is 0 Å². The third-order valence-corrected chi connectivity index (χ3v) is 7.29. The van der Waals surface area contributed by atoms with Crippen molar-refractivity contribution in [1.29, 1.82) is 0 Å². The summed E-state index contributed by atoms with van der Waals surface area (Å²) in [6, 6.07) is 9.02. The van der Waals surface area contributed by atoms with E-state index in [-0.39, 0.29) is 20.0 Å². The maximum Gasteiger partial charge on any atom is 0.339 e. The van der Waals surface area contributed by atoms with Gasteiger partial charge >= 0.3 is 5.97 Å². The van der Waals surface area contributed by atoms with Crippen molar-refractivity contribution in [3.8, 4) is 39.9 Å². The molecular weight excluding hydrogens is 512 g/mol. The van der Waals surface area contributed by atoms with Gasteiger partial charge < -0.3 is 47.7 Å². The zero-order chi connectivity index (χ0) is 27.3. The first-order valence-corrected chi connectivity index (χ1v) is 12.3. The van der Waals surface area contributed by atoms with Crippen LogP contribution in [0.25, 0.3) is 21.9 Å². The lowest BCUT2D eigenvalue weighted by molar-refractivity contribution is -0.252. The van der Waals surface area contributed by atoms with Gasteiger partial charge in [-0.3, -0.25) is 0 Å². The maximum atomic E-state index is 13.2. The van der Waals surface area contributed by atoms with E-state index in [1.807, 2.05) is 12.1 Å². The lowest BCUT2D eigenvalue weighted by Gasteiger charge is -2.38. The van der Waals surface area contributed by atoms with Crippen LogP contribution in [0.3, 0.4) is 0 Å². The average Bonchev–Trinajstić information content (AvgIpc) is 3.59. The summed E-state index contributed by atoms with van der Waals surface area (Å²) in [6.07, 6.45) is -3.44. The number of hydrogen-bond donors (Lipinski definition) is 1. The second-order valence-electron chi connectivity index (χ2n) is 9.24. The van der Waals surface area contributed by atoms with Crippen molar-refractivity contribution < 1.29 is 52.5 Å². The molecule has 3 aliphatic heterocycles. The van der Waals surface area contributed by atoms with E-state index in [4.69, 9.17) is 42.6 Å². The number of rotatable bonds is 7. The summed E-state index contributed by atoms with van der Waals surface area (Å²) in [7, 11) is 6.07. The van der Waals surface area contributed by atoms with Crippen molar-refractivity contribution in [3.63, 3.8) is 0 Å². The van der Waals surface area contributed by atoms with Crippen LogP contribution in [0.4, 0.5) is 0 Å². The van der Waals surface area contributed by atoms with Gasteiger partial charge in [0.2, 0.25) is 13.1 Å². The van der Waals surface area contributed by atoms with Crippen LogP contribution in [-0.2, 0) is 25.6 Å². The van der Waals surface area contributed by atoms with E-state index < -0.39 is 30.6 Å². The van der Waals surface area contributed by atoms with Crippen LogP contribution in [-0.4, -0.2) is 77.5 Å². The topological polar surface area (TPSA) is 120 Å². The van der Waals surface area contributed by atoms with Crippen molar-refractivity contribution in [2.45, 2.75) is 31.2 Å². The van der Waals surface area contributed by atoms with Crippen LogP contribution in [0.1, 0.15) is 15.9 Å². The molecule has 3 aromatic carbocycles. The Balaban J connectivity index is 1.57. The zero-order valence-electron chi connectivity index (χ0n) is 21.8. The lowest BCUT2D eigenvalue weighted by Crippen LogP contribution is -2.56. The van der Waals surface area contributed by atoms with Crippen LogP contribution in [0, 0.1) is 0 Å². The molecule has 3 aromatic rings. The summed E-state index contributed by atoms with van der Waals surface area (Å²) in [5.41, 5.74) is 2.20. The van der Waals surface area contributed by atoms with Gasteiger partial charge in [0, 0.05) is 30.7 Å². The van der Waals surface area contributed by atoms with Crippen molar-refractivity contribution >= 4 is 16.7 Å². The van der Waals surface area contributed by atoms with Gasteiger partial charge in [0.25, 0.3) is 0 Å². The minimum atomic E-state index is -1.17. The summed E-state index contributed by atoms with van der Waals surface area (Å²) in [5, 5.41) is 12.3. The zero-order valence-corrected chi connectivity index (χ0v) is 21.8. The van der Waals surface area contributed by atoms with Crippen molar-refractivity contribution in [2.75, 3.05) is 41.8 Å². The van der Waals surface area contributed by atoms with E-state index in [1.165, 1.54) is 28.4 Å². The number of methoxy groups -OCH3 is 4. The van der Waals surface area contributed by atoms with E-state index >= 15 is 0 Å². The monoisotopic (exact) mass is 540 g/mol. The highest BCUT2D eigenvalue weighted by atomic mass is 16.7. The van der Waals surface area contributed by atoms with Crippen LogP contribution in [0.5, 0.6) is 28.7 Å². The lowest BCUT2D eigenvalue weighted by atomic mass is 9.89. The molecule has 11 heteroatoms. The van der Waals surface area contributed by atoms with Gasteiger partial charge in [0.15, 0.2) is 23.0 Å². The fourth-order valence-corrected chi connectivity index (χ4v) is 5.37. The minimum Gasteiger partial charge on any atom is -0.493 e. The molecule has 0 unspecified atom stereocenters.